The topological polar surface area (TPSA) is 12.0 Å². The van der Waals surface area contributed by atoms with Gasteiger partial charge >= 0.3 is 0 Å². The first-order chi connectivity index (χ1) is 5.72. The summed E-state index contributed by atoms with van der Waals surface area (Å²) in [6.07, 6.45) is 8.26. The summed E-state index contributed by atoms with van der Waals surface area (Å²) in [6.45, 7) is 8.00. The fourth-order valence-corrected chi connectivity index (χ4v) is 1.18. The Morgan fingerprint density at radius 2 is 2.17 bits per heavy atom. The van der Waals surface area contributed by atoms with Gasteiger partial charge in [0.05, 0.1) is 0 Å². The summed E-state index contributed by atoms with van der Waals surface area (Å²) in [5.41, 5.74) is 0. The minimum atomic E-state index is 0.477. The summed E-state index contributed by atoms with van der Waals surface area (Å²) >= 11 is 4.03. The van der Waals surface area contributed by atoms with Crippen LogP contribution in [0.4, 0.5) is 0 Å². The molecule has 1 unspecified atom stereocenters. The molecule has 1 nitrogen and oxygen atoms in total. The monoisotopic (exact) mass is 185 g/mol. The molecule has 0 heterocycles. The highest BCUT2D eigenvalue weighted by molar-refractivity contribution is 7.78. The van der Waals surface area contributed by atoms with E-state index < -0.39 is 0 Å². The standard InChI is InChI=1S/C10H19NS/c1-4-5-6-7-8-9(2)10(3)11-12/h4-6,9-12H,1,7-8H2,2-3H3/b6-5-/t9?,10-/m0/s1. The SMILES string of the molecule is C=C/C=C\CCC(C)[C@H](C)NS. The maximum absolute atomic E-state index is 4.03. The molecule has 0 saturated heterocycles. The van der Waals surface area contributed by atoms with Gasteiger partial charge in [0.15, 0.2) is 0 Å². The third-order valence-corrected chi connectivity index (χ3v) is 2.53. The van der Waals surface area contributed by atoms with E-state index >= 15 is 0 Å². The van der Waals surface area contributed by atoms with Gasteiger partial charge in [-0.1, -0.05) is 44.5 Å². The zero-order valence-corrected chi connectivity index (χ0v) is 8.85. The predicted octanol–water partition coefficient (Wildman–Crippen LogP) is 2.97. The Labute approximate surface area is 81.5 Å². The van der Waals surface area contributed by atoms with Crippen molar-refractivity contribution in [3.05, 3.63) is 24.8 Å². The lowest BCUT2D eigenvalue weighted by atomic mass is 9.99. The second kappa shape index (κ2) is 7.44. The lowest BCUT2D eigenvalue weighted by Gasteiger charge is -2.17. The van der Waals surface area contributed by atoms with Crippen molar-refractivity contribution in [2.45, 2.75) is 32.7 Å². The molecule has 0 fully saturated rings. The molecule has 0 radical (unpaired) electrons. The summed E-state index contributed by atoms with van der Waals surface area (Å²) in [4.78, 5) is 0. The van der Waals surface area contributed by atoms with Crippen LogP contribution in [0.3, 0.4) is 0 Å². The number of allylic oxidation sites excluding steroid dienone is 3. The van der Waals surface area contributed by atoms with E-state index in [9.17, 15) is 0 Å². The summed E-state index contributed by atoms with van der Waals surface area (Å²) in [5, 5.41) is 0. The molecule has 0 aromatic rings. The molecule has 0 saturated carbocycles. The van der Waals surface area contributed by atoms with Crippen LogP contribution < -0.4 is 4.72 Å². The van der Waals surface area contributed by atoms with Crippen molar-refractivity contribution in [1.82, 2.24) is 4.72 Å². The molecule has 0 aliphatic rings. The van der Waals surface area contributed by atoms with Gasteiger partial charge in [-0.05, 0) is 25.7 Å². The lowest BCUT2D eigenvalue weighted by molar-refractivity contribution is 0.436. The third kappa shape index (κ3) is 5.44. The van der Waals surface area contributed by atoms with Gasteiger partial charge in [-0.2, -0.15) is 0 Å². The molecular formula is C10H19NS. The zero-order valence-electron chi connectivity index (χ0n) is 7.96. The van der Waals surface area contributed by atoms with Crippen molar-refractivity contribution in [3.8, 4) is 0 Å². The van der Waals surface area contributed by atoms with Crippen LogP contribution in [-0.4, -0.2) is 6.04 Å². The highest BCUT2D eigenvalue weighted by atomic mass is 32.1. The van der Waals surface area contributed by atoms with E-state index in [0.29, 0.717) is 12.0 Å². The van der Waals surface area contributed by atoms with E-state index in [1.807, 2.05) is 12.2 Å². The number of hydrogen-bond donors (Lipinski definition) is 2. The molecule has 1 N–H and O–H groups in total. The summed E-state index contributed by atoms with van der Waals surface area (Å²) in [7, 11) is 0. The van der Waals surface area contributed by atoms with Crippen LogP contribution >= 0.6 is 12.8 Å². The Bertz CT molecular complexity index is 143. The Kier molecular flexibility index (Phi) is 7.31. The van der Waals surface area contributed by atoms with E-state index in [0.717, 1.165) is 6.42 Å². The van der Waals surface area contributed by atoms with Gasteiger partial charge in [-0.3, -0.25) is 4.72 Å². The average Bonchev–Trinajstić information content (AvgIpc) is 2.10. The van der Waals surface area contributed by atoms with E-state index in [-0.39, 0.29) is 0 Å². The molecule has 0 rings (SSSR count). The first kappa shape index (κ1) is 11.8. The first-order valence-corrected chi connectivity index (χ1v) is 4.84. The molecule has 70 valence electrons. The van der Waals surface area contributed by atoms with Gasteiger partial charge < -0.3 is 0 Å². The summed E-state index contributed by atoms with van der Waals surface area (Å²) < 4.78 is 2.96. The molecule has 0 aliphatic heterocycles. The second-order valence-electron chi connectivity index (χ2n) is 3.14. The van der Waals surface area contributed by atoms with Crippen molar-refractivity contribution >= 4 is 12.8 Å². The molecule has 2 heteroatoms. The van der Waals surface area contributed by atoms with Crippen LogP contribution in [0.5, 0.6) is 0 Å². The van der Waals surface area contributed by atoms with Crippen LogP contribution in [0.1, 0.15) is 26.7 Å². The quantitative estimate of drug-likeness (QED) is 0.479. The van der Waals surface area contributed by atoms with Gasteiger partial charge in [0.1, 0.15) is 0 Å². The number of rotatable bonds is 6. The molecule has 0 amide bonds. The second-order valence-corrected chi connectivity index (χ2v) is 3.39. The van der Waals surface area contributed by atoms with Gasteiger partial charge in [-0.15, -0.1) is 0 Å². The minimum absolute atomic E-state index is 0.477. The van der Waals surface area contributed by atoms with Crippen molar-refractivity contribution in [3.63, 3.8) is 0 Å². The Morgan fingerprint density at radius 1 is 1.50 bits per heavy atom. The largest absolute Gasteiger partial charge is 0.264 e. The van der Waals surface area contributed by atoms with Gasteiger partial charge in [0.25, 0.3) is 0 Å². The van der Waals surface area contributed by atoms with Crippen LogP contribution in [0, 0.1) is 5.92 Å². The molecule has 12 heavy (non-hydrogen) atoms. The van der Waals surface area contributed by atoms with Gasteiger partial charge in [0, 0.05) is 6.04 Å². The summed E-state index contributed by atoms with van der Waals surface area (Å²) in [6, 6.07) is 0.477. The van der Waals surface area contributed by atoms with Crippen molar-refractivity contribution in [1.29, 1.82) is 0 Å². The molecule has 0 aliphatic carbocycles. The smallest absolute Gasteiger partial charge is 0.0166 e. The number of nitrogens with one attached hydrogen (secondary N) is 1. The maximum atomic E-state index is 4.03. The molecule has 0 spiro atoms. The fraction of sp³-hybridized carbons (Fsp3) is 0.600. The van der Waals surface area contributed by atoms with Gasteiger partial charge in [0.2, 0.25) is 0 Å². The van der Waals surface area contributed by atoms with Crippen molar-refractivity contribution in [2.24, 2.45) is 5.92 Å². The minimum Gasteiger partial charge on any atom is -0.264 e. The Hall–Kier alpha value is -0.210. The molecular weight excluding hydrogens is 166 g/mol. The normalized spacial score (nSPS) is 16.2. The van der Waals surface area contributed by atoms with Crippen LogP contribution in [0.25, 0.3) is 0 Å². The average molecular weight is 185 g/mol. The maximum Gasteiger partial charge on any atom is 0.0166 e. The highest BCUT2D eigenvalue weighted by Gasteiger charge is 2.08. The molecule has 2 atom stereocenters. The fourth-order valence-electron chi connectivity index (χ4n) is 0.929. The third-order valence-electron chi connectivity index (χ3n) is 2.12. The van der Waals surface area contributed by atoms with Crippen molar-refractivity contribution < 1.29 is 0 Å². The summed E-state index contributed by atoms with van der Waals surface area (Å²) in [5.74, 6) is 0.664. The number of thiol groups is 1. The van der Waals surface area contributed by atoms with E-state index in [1.54, 1.807) is 0 Å². The molecule has 0 aromatic heterocycles. The predicted molar refractivity (Wildman–Crippen MR) is 59.3 cm³/mol. The van der Waals surface area contributed by atoms with E-state index in [1.165, 1.54) is 6.42 Å². The van der Waals surface area contributed by atoms with Crippen LogP contribution in [0.15, 0.2) is 24.8 Å². The van der Waals surface area contributed by atoms with Crippen LogP contribution in [-0.2, 0) is 0 Å². The first-order valence-electron chi connectivity index (χ1n) is 4.39. The Morgan fingerprint density at radius 3 is 2.67 bits per heavy atom. The van der Waals surface area contributed by atoms with Crippen molar-refractivity contribution in [2.75, 3.05) is 0 Å². The number of hydrogen-bond acceptors (Lipinski definition) is 2. The zero-order chi connectivity index (χ0) is 9.40. The molecule has 0 aromatic carbocycles. The molecule has 0 bridgehead atoms. The van der Waals surface area contributed by atoms with Gasteiger partial charge in [-0.25, -0.2) is 0 Å². The van der Waals surface area contributed by atoms with Crippen LogP contribution in [0.2, 0.25) is 0 Å². The lowest BCUT2D eigenvalue weighted by Crippen LogP contribution is -2.24. The van der Waals surface area contributed by atoms with E-state index in [4.69, 9.17) is 0 Å². The van der Waals surface area contributed by atoms with E-state index in [2.05, 4.69) is 44.0 Å². The highest BCUT2D eigenvalue weighted by Crippen LogP contribution is 2.11. The Balaban J connectivity index is 3.49.